The Bertz CT molecular complexity index is 1590. The third-order valence-corrected chi connectivity index (χ3v) is 9.59. The lowest BCUT2D eigenvalue weighted by Crippen LogP contribution is -2.38. The summed E-state index contributed by atoms with van der Waals surface area (Å²) in [5, 5.41) is 5.43. The van der Waals surface area contributed by atoms with Crippen LogP contribution in [0.2, 0.25) is 0 Å². The molecule has 0 spiro atoms. The number of aliphatic imine (C=N–C) groups is 1. The van der Waals surface area contributed by atoms with Crippen LogP contribution in [0.4, 0.5) is 5.69 Å². The average molecular weight is 595 g/mol. The zero-order valence-electron chi connectivity index (χ0n) is 23.7. The number of benzene rings is 1. The van der Waals surface area contributed by atoms with E-state index in [-0.39, 0.29) is 35.9 Å². The molecular weight excluding hydrogens is 560 g/mol. The first-order valence-electron chi connectivity index (χ1n) is 13.6. The first kappa shape index (κ1) is 29.1. The van der Waals surface area contributed by atoms with Crippen molar-refractivity contribution in [3.05, 3.63) is 74.1 Å². The lowest BCUT2D eigenvalue weighted by Gasteiger charge is -2.20. The highest BCUT2D eigenvalue weighted by Gasteiger charge is 2.38. The Morgan fingerprint density at radius 2 is 1.88 bits per heavy atom. The molecule has 9 nitrogen and oxygen atoms in total. The summed E-state index contributed by atoms with van der Waals surface area (Å²) >= 11 is 1.71. The smallest absolute Gasteiger partial charge is 0.261 e. The zero-order valence-corrected chi connectivity index (χ0v) is 25.3. The van der Waals surface area contributed by atoms with Gasteiger partial charge in [0.25, 0.3) is 11.8 Å². The van der Waals surface area contributed by atoms with Gasteiger partial charge in [-0.2, -0.15) is 0 Å². The predicted molar refractivity (Wildman–Crippen MR) is 162 cm³/mol. The summed E-state index contributed by atoms with van der Waals surface area (Å²) in [4.78, 5) is 48.6. The van der Waals surface area contributed by atoms with Gasteiger partial charge in [-0.25, -0.2) is 8.42 Å². The summed E-state index contributed by atoms with van der Waals surface area (Å²) in [6.07, 6.45) is 6.47. The van der Waals surface area contributed by atoms with Crippen molar-refractivity contribution < 1.29 is 22.8 Å². The monoisotopic (exact) mass is 594 g/mol. The van der Waals surface area contributed by atoms with E-state index in [1.54, 1.807) is 35.4 Å². The number of nitrogens with one attached hydrogen (secondary N) is 1. The molecule has 3 aliphatic rings. The van der Waals surface area contributed by atoms with Gasteiger partial charge in [0.15, 0.2) is 5.78 Å². The number of hydrogen-bond donors (Lipinski definition) is 1. The summed E-state index contributed by atoms with van der Waals surface area (Å²) in [5.74, 6) is -0.724. The normalized spacial score (nSPS) is 20.3. The molecule has 0 saturated heterocycles. The molecule has 0 fully saturated rings. The average Bonchev–Trinajstić information content (AvgIpc) is 3.56. The van der Waals surface area contributed by atoms with Crippen LogP contribution in [0.3, 0.4) is 0 Å². The molecule has 1 aromatic heterocycles. The second-order valence-corrected chi connectivity index (χ2v) is 14.3. The fourth-order valence-electron chi connectivity index (χ4n) is 5.30. The van der Waals surface area contributed by atoms with Crippen LogP contribution in [0.25, 0.3) is 0 Å². The van der Waals surface area contributed by atoms with Crippen LogP contribution < -0.4 is 5.32 Å². The van der Waals surface area contributed by atoms with Crippen LogP contribution in [0, 0.1) is 6.92 Å². The van der Waals surface area contributed by atoms with Crippen molar-refractivity contribution in [1.82, 2.24) is 9.80 Å². The second-order valence-electron chi connectivity index (χ2n) is 11.0. The van der Waals surface area contributed by atoms with Gasteiger partial charge in [0.1, 0.15) is 9.84 Å². The maximum absolute atomic E-state index is 13.2. The van der Waals surface area contributed by atoms with Gasteiger partial charge in [-0.3, -0.25) is 24.3 Å². The van der Waals surface area contributed by atoms with E-state index in [1.807, 2.05) is 12.2 Å². The molecule has 2 aromatic rings. The van der Waals surface area contributed by atoms with Crippen molar-refractivity contribution >= 4 is 50.2 Å². The highest BCUT2D eigenvalue weighted by molar-refractivity contribution is 7.90. The topological polar surface area (TPSA) is 116 Å². The molecule has 0 saturated carbocycles. The molecule has 2 amide bonds. The number of carbonyl (C=O) groups excluding carboxylic acids is 3. The fraction of sp³-hybridized carbons (Fsp3) is 0.400. The van der Waals surface area contributed by atoms with Crippen LogP contribution in [-0.4, -0.2) is 86.3 Å². The molecule has 1 atom stereocenters. The first-order valence-corrected chi connectivity index (χ1v) is 16.6. The van der Waals surface area contributed by atoms with Crippen molar-refractivity contribution in [2.24, 2.45) is 4.99 Å². The number of nitrogens with zero attached hydrogens (tertiary/aromatic N) is 3. The molecule has 5 rings (SSSR count). The number of amides is 2. The van der Waals surface area contributed by atoms with E-state index in [0.717, 1.165) is 17.7 Å². The van der Waals surface area contributed by atoms with Gasteiger partial charge in [0.05, 0.1) is 34.2 Å². The molecule has 0 radical (unpaired) electrons. The van der Waals surface area contributed by atoms with Gasteiger partial charge in [-0.15, -0.1) is 11.3 Å². The Kier molecular flexibility index (Phi) is 8.13. The van der Waals surface area contributed by atoms with Crippen LogP contribution in [0.5, 0.6) is 0 Å². The van der Waals surface area contributed by atoms with Gasteiger partial charge < -0.3 is 10.2 Å². The van der Waals surface area contributed by atoms with Crippen LogP contribution in [0.1, 0.15) is 50.1 Å². The molecule has 3 heterocycles. The number of rotatable bonds is 9. The summed E-state index contributed by atoms with van der Waals surface area (Å²) in [6, 6.07) is 5.55. The molecule has 2 aliphatic heterocycles. The molecule has 41 heavy (non-hydrogen) atoms. The fourth-order valence-corrected chi connectivity index (χ4v) is 6.97. The molecule has 216 valence electrons. The van der Waals surface area contributed by atoms with Gasteiger partial charge in [-0.05, 0) is 61.7 Å². The molecule has 0 bridgehead atoms. The SMILES string of the molecule is Cc1ccsc1C[C@H](C)N=C1C=CCC(=O)C1=C1Cc2cc3c(cc2N1)C(=O)N(CCN(C)CCS(C)(=O)=O)C3=O. The van der Waals surface area contributed by atoms with Crippen LogP contribution >= 0.6 is 11.3 Å². The summed E-state index contributed by atoms with van der Waals surface area (Å²) in [7, 11) is -1.33. The number of ketones is 1. The minimum absolute atomic E-state index is 0.00674. The number of likely N-dealkylation sites (N-methyl/N-ethyl adjacent to an activating group) is 1. The van der Waals surface area contributed by atoms with E-state index in [1.165, 1.54) is 21.6 Å². The summed E-state index contributed by atoms with van der Waals surface area (Å²) in [6.45, 7) is 5.01. The number of anilines is 1. The predicted octanol–water partition coefficient (Wildman–Crippen LogP) is 3.45. The number of aryl methyl sites for hydroxylation is 1. The highest BCUT2D eigenvalue weighted by Crippen LogP contribution is 2.36. The van der Waals surface area contributed by atoms with Crippen molar-refractivity contribution in [1.29, 1.82) is 0 Å². The maximum atomic E-state index is 13.2. The van der Waals surface area contributed by atoms with Crippen LogP contribution in [-0.2, 0) is 27.5 Å². The number of allylic oxidation sites excluding steroid dienone is 4. The zero-order chi connectivity index (χ0) is 29.5. The minimum Gasteiger partial charge on any atom is -0.358 e. The van der Waals surface area contributed by atoms with Crippen LogP contribution in [0.15, 0.2) is 52.0 Å². The highest BCUT2D eigenvalue weighted by atomic mass is 32.2. The van der Waals surface area contributed by atoms with E-state index < -0.39 is 9.84 Å². The van der Waals surface area contributed by atoms with Crippen molar-refractivity contribution in [3.8, 4) is 0 Å². The second kappa shape index (κ2) is 11.5. The quantitative estimate of drug-likeness (QED) is 0.349. The van der Waals surface area contributed by atoms with E-state index >= 15 is 0 Å². The lowest BCUT2D eigenvalue weighted by molar-refractivity contribution is -0.114. The third kappa shape index (κ3) is 6.27. The molecular formula is C30H34N4O5S2. The van der Waals surface area contributed by atoms with E-state index in [9.17, 15) is 22.8 Å². The molecule has 11 heteroatoms. The Morgan fingerprint density at radius 3 is 2.56 bits per heavy atom. The number of hydrogen-bond acceptors (Lipinski definition) is 9. The summed E-state index contributed by atoms with van der Waals surface area (Å²) < 4.78 is 22.9. The molecule has 0 unspecified atom stereocenters. The standard InChI is InChI=1S/C30H34N4O5S2/c1-18-8-12-40-27(18)14-19(2)31-23-6-5-7-26(35)28(23)25-16-20-15-21-22(17-24(20)32-25)30(37)34(29(21)36)10-9-33(3)11-13-41(4,38)39/h5-6,8,12,15,17,19,32H,7,9-11,13-14,16H2,1-4H3/t19-/m0/s1. The molecule has 1 aromatic carbocycles. The van der Waals surface area contributed by atoms with Gasteiger partial charge in [0, 0.05) is 61.4 Å². The molecule has 1 N–H and O–H groups in total. The van der Waals surface area contributed by atoms with E-state index in [4.69, 9.17) is 4.99 Å². The number of imide groups is 1. The molecule has 1 aliphatic carbocycles. The lowest BCUT2D eigenvalue weighted by atomic mass is 9.93. The Morgan fingerprint density at radius 1 is 1.15 bits per heavy atom. The number of fused-ring (bicyclic) bond motifs is 2. The largest absolute Gasteiger partial charge is 0.358 e. The minimum atomic E-state index is -3.10. The Balaban J connectivity index is 1.33. The van der Waals surface area contributed by atoms with Crippen molar-refractivity contribution in [3.63, 3.8) is 0 Å². The number of thiophene rings is 1. The van der Waals surface area contributed by atoms with Crippen molar-refractivity contribution in [2.75, 3.05) is 44.0 Å². The number of sulfone groups is 1. The van der Waals surface area contributed by atoms with Gasteiger partial charge in [0.2, 0.25) is 0 Å². The Labute approximate surface area is 244 Å². The van der Waals surface area contributed by atoms with Gasteiger partial charge in [-0.1, -0.05) is 6.08 Å². The first-order chi connectivity index (χ1) is 19.4. The van der Waals surface area contributed by atoms with E-state index in [2.05, 4.69) is 30.6 Å². The maximum Gasteiger partial charge on any atom is 0.261 e. The Hall–Kier alpha value is -3.41. The number of Topliss-reactive ketones (excluding diaryl/α,β-unsaturated/α-hetero) is 1. The number of carbonyl (C=O) groups is 3. The summed E-state index contributed by atoms with van der Waals surface area (Å²) in [5.41, 5.74) is 5.45. The van der Waals surface area contributed by atoms with Gasteiger partial charge >= 0.3 is 0 Å². The van der Waals surface area contributed by atoms with E-state index in [0.29, 0.717) is 54.0 Å². The third-order valence-electron chi connectivity index (χ3n) is 7.62. The van der Waals surface area contributed by atoms with Crippen molar-refractivity contribution in [2.45, 2.75) is 39.2 Å².